The zero-order valence-electron chi connectivity index (χ0n) is 18.0. The molecule has 0 spiro atoms. The minimum Gasteiger partial charge on any atom is -0.300 e. The maximum atomic E-state index is 12.5. The van der Waals surface area contributed by atoms with E-state index < -0.39 is 10.0 Å². The number of amidine groups is 1. The molecule has 1 amide bonds. The highest BCUT2D eigenvalue weighted by atomic mass is 35.5. The van der Waals surface area contributed by atoms with E-state index in [1.54, 1.807) is 50.5 Å². The number of carbonyl (C=O) groups excluding carboxylic acids is 1. The van der Waals surface area contributed by atoms with Crippen molar-refractivity contribution in [3.05, 3.63) is 64.3 Å². The highest BCUT2D eigenvalue weighted by Crippen LogP contribution is 2.35. The van der Waals surface area contributed by atoms with Gasteiger partial charge in [0, 0.05) is 18.4 Å². The first-order chi connectivity index (χ1) is 15.6. The van der Waals surface area contributed by atoms with Gasteiger partial charge in [-0.1, -0.05) is 17.7 Å². The molecule has 3 aromatic rings. The van der Waals surface area contributed by atoms with Crippen LogP contribution in [0.3, 0.4) is 0 Å². The number of anilines is 1. The highest BCUT2D eigenvalue weighted by Gasteiger charge is 2.25. The largest absolute Gasteiger partial charge is 0.300 e. The summed E-state index contributed by atoms with van der Waals surface area (Å²) in [6.07, 6.45) is 6.14. The zero-order chi connectivity index (χ0) is 23.8. The Kier molecular flexibility index (Phi) is 6.42. The number of hydrogen-bond donors (Lipinski definition) is 1. The zero-order valence-corrected chi connectivity index (χ0v) is 20.4. The van der Waals surface area contributed by atoms with Gasteiger partial charge in [0.25, 0.3) is 5.91 Å². The van der Waals surface area contributed by atoms with Crippen molar-refractivity contribution in [3.8, 4) is 0 Å². The number of nitrogens with one attached hydrogen (secondary N) is 1. The quantitative estimate of drug-likeness (QED) is 0.521. The number of rotatable bonds is 5. The monoisotopic (exact) mass is 501 g/mol. The summed E-state index contributed by atoms with van der Waals surface area (Å²) in [7, 11) is -3.49. The van der Waals surface area contributed by atoms with Crippen molar-refractivity contribution >= 4 is 72.9 Å². The second-order valence-electron chi connectivity index (χ2n) is 7.57. The van der Waals surface area contributed by atoms with Crippen LogP contribution >= 0.6 is 23.4 Å². The molecule has 1 saturated heterocycles. The second kappa shape index (κ2) is 9.12. The van der Waals surface area contributed by atoms with Crippen molar-refractivity contribution in [2.24, 2.45) is 4.99 Å². The molecule has 1 N–H and O–H groups in total. The van der Waals surface area contributed by atoms with Gasteiger partial charge in [0.2, 0.25) is 10.0 Å². The molecule has 0 bridgehead atoms. The van der Waals surface area contributed by atoms with Crippen molar-refractivity contribution in [1.29, 1.82) is 0 Å². The van der Waals surface area contributed by atoms with E-state index >= 15 is 0 Å². The number of aliphatic imine (C=N–C) groups is 1. The normalized spacial score (nSPS) is 16.7. The standard InChI is InChI=1S/C22H20ClN5O3S2/c1-13(2)28(33(3,30)31)15-5-6-16(23)18(12-15)26-22-27-21(29)20(32-22)11-14-4-7-17-19(10-14)25-9-8-24-17/h4-13H,1-3H3,(H,26,27,29)/b20-11+. The molecule has 1 aromatic heterocycles. The van der Waals surface area contributed by atoms with E-state index in [9.17, 15) is 13.2 Å². The lowest BCUT2D eigenvalue weighted by Crippen LogP contribution is -2.36. The Hall–Kier alpha value is -2.95. The Bertz CT molecular complexity index is 1420. The van der Waals surface area contributed by atoms with Crippen molar-refractivity contribution in [2.75, 3.05) is 10.6 Å². The third kappa shape index (κ3) is 5.18. The molecule has 170 valence electrons. The van der Waals surface area contributed by atoms with Crippen molar-refractivity contribution in [2.45, 2.75) is 19.9 Å². The number of carbonyl (C=O) groups is 1. The van der Waals surface area contributed by atoms with Crippen LogP contribution in [0.25, 0.3) is 17.1 Å². The molecule has 0 radical (unpaired) electrons. The number of benzene rings is 2. The van der Waals surface area contributed by atoms with Gasteiger partial charge in [0.1, 0.15) is 0 Å². The van der Waals surface area contributed by atoms with Gasteiger partial charge in [0.15, 0.2) is 5.17 Å². The number of thioether (sulfide) groups is 1. The molecule has 0 saturated carbocycles. The van der Waals surface area contributed by atoms with Crippen LogP contribution in [-0.4, -0.2) is 41.8 Å². The summed E-state index contributed by atoms with van der Waals surface area (Å²) in [6, 6.07) is 10.1. The summed E-state index contributed by atoms with van der Waals surface area (Å²) < 4.78 is 25.8. The maximum Gasteiger partial charge on any atom is 0.264 e. The molecule has 2 aromatic carbocycles. The Morgan fingerprint density at radius 2 is 1.85 bits per heavy atom. The Labute approximate surface area is 200 Å². The molecule has 1 fully saturated rings. The lowest BCUT2D eigenvalue weighted by atomic mass is 10.2. The predicted octanol–water partition coefficient (Wildman–Crippen LogP) is 4.35. The van der Waals surface area contributed by atoms with E-state index in [1.165, 1.54) is 16.1 Å². The van der Waals surface area contributed by atoms with Crippen LogP contribution in [0.2, 0.25) is 5.02 Å². The average molecular weight is 502 g/mol. The summed E-state index contributed by atoms with van der Waals surface area (Å²) in [6.45, 7) is 3.56. The van der Waals surface area contributed by atoms with E-state index in [0.717, 1.165) is 22.9 Å². The van der Waals surface area contributed by atoms with Gasteiger partial charge >= 0.3 is 0 Å². The average Bonchev–Trinajstić information content (AvgIpc) is 3.07. The fraction of sp³-hybridized carbons (Fsp3) is 0.182. The molecule has 4 rings (SSSR count). The smallest absolute Gasteiger partial charge is 0.264 e. The fourth-order valence-electron chi connectivity index (χ4n) is 3.41. The Balaban J connectivity index is 1.64. The van der Waals surface area contributed by atoms with Gasteiger partial charge < -0.3 is 5.32 Å². The molecule has 0 unspecified atom stereocenters. The number of nitrogens with zero attached hydrogens (tertiary/aromatic N) is 4. The molecular weight excluding hydrogens is 482 g/mol. The van der Waals surface area contributed by atoms with Crippen molar-refractivity contribution in [1.82, 2.24) is 15.3 Å². The van der Waals surface area contributed by atoms with Gasteiger partial charge in [0.05, 0.1) is 38.6 Å². The minimum atomic E-state index is -3.49. The fourth-order valence-corrected chi connectivity index (χ4v) is 5.66. The molecule has 0 atom stereocenters. The lowest BCUT2D eigenvalue weighted by molar-refractivity contribution is -0.115. The lowest BCUT2D eigenvalue weighted by Gasteiger charge is -2.26. The van der Waals surface area contributed by atoms with Crippen LogP contribution in [0, 0.1) is 0 Å². The van der Waals surface area contributed by atoms with Crippen molar-refractivity contribution in [3.63, 3.8) is 0 Å². The second-order valence-corrected chi connectivity index (χ2v) is 10.9. The van der Waals surface area contributed by atoms with Gasteiger partial charge in [-0.25, -0.2) is 13.4 Å². The van der Waals surface area contributed by atoms with Gasteiger partial charge in [-0.15, -0.1) is 0 Å². The third-order valence-electron chi connectivity index (χ3n) is 4.67. The SMILES string of the molecule is CC(C)N(c1ccc(Cl)c(N=C2NC(=O)/C(=C\c3ccc4nccnc4c3)S2)c1)S(C)(=O)=O. The Morgan fingerprint density at radius 3 is 2.55 bits per heavy atom. The molecule has 2 heterocycles. The topological polar surface area (TPSA) is 105 Å². The summed E-state index contributed by atoms with van der Waals surface area (Å²) in [5.41, 5.74) is 3.10. The summed E-state index contributed by atoms with van der Waals surface area (Å²) in [4.78, 5) is 25.9. The van der Waals surface area contributed by atoms with E-state index in [2.05, 4.69) is 20.3 Å². The molecule has 33 heavy (non-hydrogen) atoms. The third-order valence-corrected chi connectivity index (χ3v) is 7.25. The van der Waals surface area contributed by atoms with E-state index in [1.807, 2.05) is 18.2 Å². The minimum absolute atomic E-state index is 0.287. The van der Waals surface area contributed by atoms with Crippen LogP contribution in [0.1, 0.15) is 19.4 Å². The van der Waals surface area contributed by atoms with Crippen LogP contribution < -0.4 is 9.62 Å². The van der Waals surface area contributed by atoms with Crippen molar-refractivity contribution < 1.29 is 13.2 Å². The first-order valence-corrected chi connectivity index (χ1v) is 13.0. The first kappa shape index (κ1) is 23.2. The highest BCUT2D eigenvalue weighted by molar-refractivity contribution is 8.18. The van der Waals surface area contributed by atoms with Crippen LogP contribution in [0.15, 0.2) is 58.7 Å². The number of sulfonamides is 1. The molecule has 0 aliphatic carbocycles. The summed E-state index contributed by atoms with van der Waals surface area (Å²) in [5, 5.41) is 3.41. The van der Waals surface area contributed by atoms with Gasteiger partial charge in [-0.05, 0) is 67.6 Å². The molecule has 1 aliphatic heterocycles. The molecule has 8 nitrogen and oxygen atoms in total. The Morgan fingerprint density at radius 1 is 1.12 bits per heavy atom. The number of aromatic nitrogens is 2. The molecular formula is C22H20ClN5O3S2. The van der Waals surface area contributed by atoms with Crippen LogP contribution in [0.5, 0.6) is 0 Å². The summed E-state index contributed by atoms with van der Waals surface area (Å²) in [5.74, 6) is -0.287. The summed E-state index contributed by atoms with van der Waals surface area (Å²) >= 11 is 7.48. The molecule has 11 heteroatoms. The molecule has 1 aliphatic rings. The van der Waals surface area contributed by atoms with E-state index in [-0.39, 0.29) is 11.9 Å². The number of fused-ring (bicyclic) bond motifs is 1. The van der Waals surface area contributed by atoms with Gasteiger partial charge in [-0.3, -0.25) is 19.1 Å². The van der Waals surface area contributed by atoms with Crippen LogP contribution in [-0.2, 0) is 14.8 Å². The first-order valence-electron chi connectivity index (χ1n) is 9.91. The van der Waals surface area contributed by atoms with E-state index in [0.29, 0.717) is 26.5 Å². The van der Waals surface area contributed by atoms with Gasteiger partial charge in [-0.2, -0.15) is 0 Å². The number of hydrogen-bond acceptors (Lipinski definition) is 7. The van der Waals surface area contributed by atoms with E-state index in [4.69, 9.17) is 11.6 Å². The van der Waals surface area contributed by atoms with Crippen LogP contribution in [0.4, 0.5) is 11.4 Å². The predicted molar refractivity (Wildman–Crippen MR) is 134 cm³/mol. The maximum absolute atomic E-state index is 12.5. The number of amides is 1. The number of halogens is 1.